The van der Waals surface area contributed by atoms with Gasteiger partial charge in [-0.15, -0.1) is 0 Å². The van der Waals surface area contributed by atoms with E-state index in [1.807, 2.05) is 30.3 Å². The van der Waals surface area contributed by atoms with Crippen LogP contribution < -0.4 is 10.9 Å². The molecule has 1 amide bonds. The summed E-state index contributed by atoms with van der Waals surface area (Å²) >= 11 is 11.3. The van der Waals surface area contributed by atoms with Crippen LogP contribution in [-0.2, 0) is 13.1 Å². The van der Waals surface area contributed by atoms with Gasteiger partial charge in [-0.3, -0.25) is 19.1 Å². The molecule has 0 atom stereocenters. The third-order valence-electron chi connectivity index (χ3n) is 4.65. The second-order valence-electron chi connectivity index (χ2n) is 6.71. The molecule has 0 unspecified atom stereocenters. The van der Waals surface area contributed by atoms with Crippen LogP contribution >= 0.6 is 23.8 Å². The number of pyridine rings is 1. The van der Waals surface area contributed by atoms with Gasteiger partial charge in [0.25, 0.3) is 11.5 Å². The normalized spacial score (nSPS) is 10.8. The molecule has 150 valence electrons. The fourth-order valence-electron chi connectivity index (χ4n) is 3.09. The van der Waals surface area contributed by atoms with Gasteiger partial charge in [0.2, 0.25) is 0 Å². The van der Waals surface area contributed by atoms with E-state index in [4.69, 9.17) is 23.8 Å². The highest BCUT2D eigenvalue weighted by Gasteiger charge is 2.11. The van der Waals surface area contributed by atoms with Gasteiger partial charge in [0, 0.05) is 16.8 Å². The number of hydrogen-bond acceptors (Lipinski definition) is 4. The van der Waals surface area contributed by atoms with Gasteiger partial charge in [-0.2, -0.15) is 0 Å². The summed E-state index contributed by atoms with van der Waals surface area (Å²) in [4.78, 5) is 32.7. The number of aromatic nitrogens is 3. The molecule has 0 bridgehead atoms. The van der Waals surface area contributed by atoms with E-state index in [1.165, 1.54) is 4.57 Å². The molecule has 0 saturated carbocycles. The highest BCUT2D eigenvalue weighted by molar-refractivity contribution is 7.71. The molecule has 2 heterocycles. The van der Waals surface area contributed by atoms with Crippen LogP contribution in [-0.4, -0.2) is 20.4 Å². The molecule has 2 aromatic heterocycles. The first-order valence-corrected chi connectivity index (χ1v) is 9.99. The zero-order valence-corrected chi connectivity index (χ0v) is 17.3. The van der Waals surface area contributed by atoms with Crippen molar-refractivity contribution < 1.29 is 4.79 Å². The number of aromatic amines is 1. The summed E-state index contributed by atoms with van der Waals surface area (Å²) in [6.07, 6.45) is 1.67. The average molecular weight is 437 g/mol. The van der Waals surface area contributed by atoms with E-state index in [0.29, 0.717) is 34.6 Å². The average Bonchev–Trinajstić information content (AvgIpc) is 2.76. The summed E-state index contributed by atoms with van der Waals surface area (Å²) in [5, 5.41) is 3.91. The van der Waals surface area contributed by atoms with Crippen molar-refractivity contribution >= 4 is 40.6 Å². The van der Waals surface area contributed by atoms with Gasteiger partial charge in [0.05, 0.1) is 29.7 Å². The summed E-state index contributed by atoms with van der Waals surface area (Å²) in [5.74, 6) is -0.257. The minimum absolute atomic E-state index is 0.218. The SMILES string of the molecule is O=C(NCc1ccccn1)c1ccc2c(=O)n(Cc3ccc(Cl)cc3)c(=S)[nH]c2c1. The van der Waals surface area contributed by atoms with Crippen LogP contribution in [0.4, 0.5) is 0 Å². The van der Waals surface area contributed by atoms with E-state index in [2.05, 4.69) is 15.3 Å². The Hall–Kier alpha value is -3.29. The van der Waals surface area contributed by atoms with Crippen molar-refractivity contribution in [3.05, 3.63) is 104 Å². The Kier molecular flexibility index (Phi) is 5.74. The first-order chi connectivity index (χ1) is 14.5. The molecule has 0 radical (unpaired) electrons. The molecular weight excluding hydrogens is 420 g/mol. The maximum atomic E-state index is 13.0. The topological polar surface area (TPSA) is 79.8 Å². The number of nitrogens with one attached hydrogen (secondary N) is 2. The zero-order chi connectivity index (χ0) is 21.1. The highest BCUT2D eigenvalue weighted by atomic mass is 35.5. The Balaban J connectivity index is 1.60. The van der Waals surface area contributed by atoms with E-state index >= 15 is 0 Å². The van der Waals surface area contributed by atoms with E-state index in [1.54, 1.807) is 36.5 Å². The Morgan fingerprint density at radius 1 is 1.13 bits per heavy atom. The highest BCUT2D eigenvalue weighted by Crippen LogP contribution is 2.13. The number of carbonyl (C=O) groups excluding carboxylic acids is 1. The number of fused-ring (bicyclic) bond motifs is 1. The lowest BCUT2D eigenvalue weighted by Gasteiger charge is -2.10. The lowest BCUT2D eigenvalue weighted by atomic mass is 10.1. The number of H-pyrrole nitrogens is 1. The van der Waals surface area contributed by atoms with Crippen LogP contribution in [0, 0.1) is 4.77 Å². The zero-order valence-electron chi connectivity index (χ0n) is 15.8. The fourth-order valence-corrected chi connectivity index (χ4v) is 3.47. The molecular formula is C22H17ClN4O2S. The molecule has 0 fully saturated rings. The predicted octanol–water partition coefficient (Wildman–Crippen LogP) is 4.09. The number of amides is 1. The van der Waals surface area contributed by atoms with Crippen molar-refractivity contribution in [2.45, 2.75) is 13.1 Å². The Bertz CT molecular complexity index is 1330. The van der Waals surface area contributed by atoms with Crippen LogP contribution in [0.25, 0.3) is 10.9 Å². The maximum Gasteiger partial charge on any atom is 0.262 e. The maximum absolute atomic E-state index is 13.0. The van der Waals surface area contributed by atoms with Crippen molar-refractivity contribution in [2.75, 3.05) is 0 Å². The smallest absolute Gasteiger partial charge is 0.262 e. The second-order valence-corrected chi connectivity index (χ2v) is 7.54. The van der Waals surface area contributed by atoms with Crippen LogP contribution in [0.2, 0.25) is 5.02 Å². The van der Waals surface area contributed by atoms with Gasteiger partial charge >= 0.3 is 0 Å². The van der Waals surface area contributed by atoms with Gasteiger partial charge in [-0.05, 0) is 60.2 Å². The molecule has 0 aliphatic heterocycles. The van der Waals surface area contributed by atoms with Crippen LogP contribution in [0.1, 0.15) is 21.6 Å². The first kappa shape index (κ1) is 20.0. The summed E-state index contributed by atoms with van der Waals surface area (Å²) in [6, 6.07) is 17.6. The third kappa shape index (κ3) is 4.32. The molecule has 4 aromatic rings. The summed E-state index contributed by atoms with van der Waals surface area (Å²) in [7, 11) is 0. The first-order valence-electron chi connectivity index (χ1n) is 9.21. The molecule has 0 aliphatic carbocycles. The van der Waals surface area contributed by atoms with E-state index < -0.39 is 0 Å². The third-order valence-corrected chi connectivity index (χ3v) is 5.23. The van der Waals surface area contributed by atoms with Gasteiger partial charge in [0.1, 0.15) is 0 Å². The second kappa shape index (κ2) is 8.61. The summed E-state index contributed by atoms with van der Waals surface area (Å²) < 4.78 is 1.77. The minimum atomic E-state index is -0.257. The van der Waals surface area contributed by atoms with Crippen molar-refractivity contribution in [1.82, 2.24) is 19.9 Å². The molecule has 0 aliphatic rings. The van der Waals surface area contributed by atoms with Gasteiger partial charge in [0.15, 0.2) is 4.77 Å². The summed E-state index contributed by atoms with van der Waals surface area (Å²) in [5.41, 5.74) is 2.40. The Labute approximate surface area is 182 Å². The van der Waals surface area contributed by atoms with Gasteiger partial charge in [-0.25, -0.2) is 0 Å². The number of halogens is 1. The summed E-state index contributed by atoms with van der Waals surface area (Å²) in [6.45, 7) is 0.643. The molecule has 8 heteroatoms. The van der Waals surface area contributed by atoms with Crippen LogP contribution in [0.5, 0.6) is 0 Å². The van der Waals surface area contributed by atoms with Crippen molar-refractivity contribution in [1.29, 1.82) is 0 Å². The predicted molar refractivity (Wildman–Crippen MR) is 119 cm³/mol. The molecule has 2 N–H and O–H groups in total. The van der Waals surface area contributed by atoms with Crippen LogP contribution in [0.3, 0.4) is 0 Å². The van der Waals surface area contributed by atoms with Crippen molar-refractivity contribution in [3.63, 3.8) is 0 Å². The minimum Gasteiger partial charge on any atom is -0.346 e. The van der Waals surface area contributed by atoms with Crippen molar-refractivity contribution in [2.24, 2.45) is 0 Å². The lowest BCUT2D eigenvalue weighted by Crippen LogP contribution is -2.25. The van der Waals surface area contributed by atoms with Gasteiger partial charge in [-0.1, -0.05) is 29.8 Å². The molecule has 2 aromatic carbocycles. The fraction of sp³-hybridized carbons (Fsp3) is 0.0909. The molecule has 30 heavy (non-hydrogen) atoms. The molecule has 6 nitrogen and oxygen atoms in total. The van der Waals surface area contributed by atoms with Gasteiger partial charge < -0.3 is 10.3 Å². The number of hydrogen-bond donors (Lipinski definition) is 2. The Morgan fingerprint density at radius 3 is 2.67 bits per heavy atom. The van der Waals surface area contributed by atoms with Crippen LogP contribution in [0.15, 0.2) is 71.7 Å². The molecule has 0 spiro atoms. The molecule has 4 rings (SSSR count). The quantitative estimate of drug-likeness (QED) is 0.462. The standard InChI is InChI=1S/C22H17ClN4O2S/c23-16-7-4-14(5-8-16)13-27-21(29)18-9-6-15(11-19(18)26-22(27)30)20(28)25-12-17-3-1-2-10-24-17/h1-11H,12-13H2,(H,25,28)(H,26,30). The monoisotopic (exact) mass is 436 g/mol. The number of benzene rings is 2. The number of carbonyl (C=O) groups is 1. The molecule has 0 saturated heterocycles. The lowest BCUT2D eigenvalue weighted by molar-refractivity contribution is 0.0950. The van der Waals surface area contributed by atoms with E-state index in [0.717, 1.165) is 11.3 Å². The Morgan fingerprint density at radius 2 is 1.93 bits per heavy atom. The van der Waals surface area contributed by atoms with E-state index in [9.17, 15) is 9.59 Å². The van der Waals surface area contributed by atoms with Crippen molar-refractivity contribution in [3.8, 4) is 0 Å². The number of nitrogens with zero attached hydrogens (tertiary/aromatic N) is 2. The van der Waals surface area contributed by atoms with E-state index in [-0.39, 0.29) is 16.2 Å². The number of rotatable bonds is 5. The largest absolute Gasteiger partial charge is 0.346 e.